The number of nitrogens with zero attached hydrogens (tertiary/aromatic N) is 1. The van der Waals surface area contributed by atoms with Gasteiger partial charge in [0.25, 0.3) is 5.91 Å². The maximum atomic E-state index is 12.6. The number of hydrogen-bond donors (Lipinski definition) is 3. The van der Waals surface area contributed by atoms with Crippen LogP contribution < -0.4 is 11.1 Å². The van der Waals surface area contributed by atoms with Crippen molar-refractivity contribution in [3.05, 3.63) is 24.4 Å². The summed E-state index contributed by atoms with van der Waals surface area (Å²) in [7, 11) is 0. The van der Waals surface area contributed by atoms with Gasteiger partial charge in [-0.05, 0) is 25.1 Å². The second-order valence-electron chi connectivity index (χ2n) is 4.33. The third-order valence-corrected chi connectivity index (χ3v) is 2.76. The number of carbonyl (C=O) groups is 1. The maximum Gasteiger partial charge on any atom is 0.415 e. The Bertz CT molecular complexity index is 618. The smallest absolute Gasteiger partial charge is 0.324 e. The Labute approximate surface area is 106 Å². The molecule has 4 N–H and O–H groups in total. The fourth-order valence-corrected chi connectivity index (χ4v) is 1.41. The molecule has 2 rings (SSSR count). The zero-order valence-electron chi connectivity index (χ0n) is 9.88. The Morgan fingerprint density at radius 1 is 1.42 bits per heavy atom. The predicted octanol–water partition coefficient (Wildman–Crippen LogP) is 1.78. The van der Waals surface area contributed by atoms with Gasteiger partial charge in [-0.25, -0.2) is 0 Å². The molecular formula is C11H11F3N4O. The molecule has 1 amide bonds. The average molecular weight is 272 g/mol. The fourth-order valence-electron chi connectivity index (χ4n) is 1.41. The van der Waals surface area contributed by atoms with Crippen LogP contribution in [0.4, 0.5) is 18.9 Å². The predicted molar refractivity (Wildman–Crippen MR) is 63.4 cm³/mol. The molecule has 0 aliphatic rings. The zero-order valence-corrected chi connectivity index (χ0v) is 9.88. The van der Waals surface area contributed by atoms with Crippen molar-refractivity contribution in [2.45, 2.75) is 18.6 Å². The molecule has 8 heteroatoms. The van der Waals surface area contributed by atoms with Crippen LogP contribution in [0.1, 0.15) is 6.92 Å². The van der Waals surface area contributed by atoms with E-state index < -0.39 is 17.6 Å². The van der Waals surface area contributed by atoms with Gasteiger partial charge in [0, 0.05) is 11.1 Å². The summed E-state index contributed by atoms with van der Waals surface area (Å²) in [5.74, 6) is -1.32. The third kappa shape index (κ3) is 2.39. The van der Waals surface area contributed by atoms with Crippen molar-refractivity contribution < 1.29 is 18.0 Å². The van der Waals surface area contributed by atoms with E-state index in [1.807, 2.05) is 0 Å². The minimum Gasteiger partial charge on any atom is -0.324 e. The van der Waals surface area contributed by atoms with Crippen LogP contribution in [0.2, 0.25) is 0 Å². The second-order valence-corrected chi connectivity index (χ2v) is 4.33. The molecule has 102 valence electrons. The Morgan fingerprint density at radius 2 is 2.11 bits per heavy atom. The number of carbonyl (C=O) groups excluding carboxylic acids is 1. The quantitative estimate of drug-likeness (QED) is 0.779. The summed E-state index contributed by atoms with van der Waals surface area (Å²) in [6.07, 6.45) is -3.33. The topological polar surface area (TPSA) is 83.8 Å². The molecular weight excluding hydrogens is 261 g/mol. The molecule has 1 atom stereocenters. The minimum atomic E-state index is -4.82. The highest BCUT2D eigenvalue weighted by Gasteiger charge is 2.53. The van der Waals surface area contributed by atoms with Crippen molar-refractivity contribution in [1.29, 1.82) is 0 Å². The monoisotopic (exact) mass is 272 g/mol. The van der Waals surface area contributed by atoms with Crippen molar-refractivity contribution >= 4 is 22.5 Å². The van der Waals surface area contributed by atoms with Crippen LogP contribution in [-0.2, 0) is 4.79 Å². The number of halogens is 3. The molecule has 0 spiro atoms. The van der Waals surface area contributed by atoms with Crippen molar-refractivity contribution in [2.75, 3.05) is 5.32 Å². The van der Waals surface area contributed by atoms with E-state index in [2.05, 4.69) is 15.5 Å². The molecule has 0 aliphatic carbocycles. The number of benzene rings is 1. The number of aromatic nitrogens is 2. The molecule has 1 aromatic heterocycles. The molecule has 0 fully saturated rings. The lowest BCUT2D eigenvalue weighted by Crippen LogP contribution is -2.59. The molecule has 0 radical (unpaired) electrons. The molecule has 1 heterocycles. The van der Waals surface area contributed by atoms with Gasteiger partial charge < -0.3 is 11.1 Å². The molecule has 2 aromatic rings. The van der Waals surface area contributed by atoms with Gasteiger partial charge >= 0.3 is 6.18 Å². The van der Waals surface area contributed by atoms with E-state index in [0.29, 0.717) is 17.8 Å². The minimum absolute atomic E-state index is 0.222. The Kier molecular flexibility index (Phi) is 2.97. The summed E-state index contributed by atoms with van der Waals surface area (Å²) in [6.45, 7) is 0.624. The normalized spacial score (nSPS) is 15.2. The lowest BCUT2D eigenvalue weighted by molar-refractivity contribution is -0.184. The summed E-state index contributed by atoms with van der Waals surface area (Å²) in [6, 6.07) is 4.56. The molecule has 0 saturated carbocycles. The van der Waals surface area contributed by atoms with E-state index in [0.717, 1.165) is 0 Å². The first-order valence-electron chi connectivity index (χ1n) is 5.32. The molecule has 1 unspecified atom stereocenters. The Balaban J connectivity index is 2.23. The second kappa shape index (κ2) is 4.23. The highest BCUT2D eigenvalue weighted by Crippen LogP contribution is 2.29. The van der Waals surface area contributed by atoms with Gasteiger partial charge in [-0.1, -0.05) is 0 Å². The number of alkyl halides is 3. The van der Waals surface area contributed by atoms with Gasteiger partial charge in [-0.3, -0.25) is 9.89 Å². The molecule has 0 aliphatic heterocycles. The Hall–Kier alpha value is -2.09. The maximum absolute atomic E-state index is 12.6. The average Bonchev–Trinajstić information content (AvgIpc) is 2.74. The summed E-state index contributed by atoms with van der Waals surface area (Å²) < 4.78 is 37.8. The van der Waals surface area contributed by atoms with Crippen LogP contribution in [-0.4, -0.2) is 27.8 Å². The largest absolute Gasteiger partial charge is 0.415 e. The van der Waals surface area contributed by atoms with Crippen molar-refractivity contribution in [3.63, 3.8) is 0 Å². The standard InChI is InChI=1S/C11H11F3N4O/c1-10(15,11(12,13)14)9(19)17-7-2-3-8-6(4-7)5-16-18-8/h2-5H,15H2,1H3,(H,16,18)(H,17,19). The highest BCUT2D eigenvalue weighted by molar-refractivity contribution is 5.99. The SMILES string of the molecule is CC(N)(C(=O)Nc1ccc2[nH]ncc2c1)C(F)(F)F. The van der Waals surface area contributed by atoms with Gasteiger partial charge in [-0.2, -0.15) is 18.3 Å². The first-order valence-corrected chi connectivity index (χ1v) is 5.32. The van der Waals surface area contributed by atoms with Crippen molar-refractivity contribution in [2.24, 2.45) is 5.73 Å². The zero-order chi connectivity index (χ0) is 14.3. The van der Waals surface area contributed by atoms with Crippen molar-refractivity contribution in [3.8, 4) is 0 Å². The number of rotatable bonds is 2. The van der Waals surface area contributed by atoms with Gasteiger partial charge in [0.15, 0.2) is 5.54 Å². The summed E-state index contributed by atoms with van der Waals surface area (Å²) >= 11 is 0. The Morgan fingerprint density at radius 3 is 2.74 bits per heavy atom. The summed E-state index contributed by atoms with van der Waals surface area (Å²) in [4.78, 5) is 11.6. The van der Waals surface area contributed by atoms with E-state index >= 15 is 0 Å². The van der Waals surface area contributed by atoms with Crippen LogP contribution in [0.15, 0.2) is 24.4 Å². The van der Waals surface area contributed by atoms with Crippen LogP contribution >= 0.6 is 0 Å². The van der Waals surface area contributed by atoms with Gasteiger partial charge in [0.1, 0.15) is 0 Å². The molecule has 19 heavy (non-hydrogen) atoms. The number of hydrogen-bond acceptors (Lipinski definition) is 3. The lowest BCUT2D eigenvalue weighted by Gasteiger charge is -2.26. The van der Waals surface area contributed by atoms with Crippen LogP contribution in [0.5, 0.6) is 0 Å². The number of nitrogens with one attached hydrogen (secondary N) is 2. The number of anilines is 1. The van der Waals surface area contributed by atoms with E-state index in [-0.39, 0.29) is 5.69 Å². The third-order valence-electron chi connectivity index (χ3n) is 2.76. The van der Waals surface area contributed by atoms with Crippen molar-refractivity contribution in [1.82, 2.24) is 10.2 Å². The van der Waals surface area contributed by atoms with E-state index in [4.69, 9.17) is 5.73 Å². The number of amides is 1. The van der Waals surface area contributed by atoms with E-state index in [1.165, 1.54) is 18.3 Å². The highest BCUT2D eigenvalue weighted by atomic mass is 19.4. The summed E-state index contributed by atoms with van der Waals surface area (Å²) in [5.41, 5.74) is 3.01. The first kappa shape index (κ1) is 13.3. The molecule has 1 aromatic carbocycles. The van der Waals surface area contributed by atoms with E-state index in [1.54, 1.807) is 6.07 Å². The van der Waals surface area contributed by atoms with Crippen LogP contribution in [0, 0.1) is 0 Å². The van der Waals surface area contributed by atoms with Crippen LogP contribution in [0.3, 0.4) is 0 Å². The molecule has 0 saturated heterocycles. The van der Waals surface area contributed by atoms with Gasteiger partial charge in [0.2, 0.25) is 0 Å². The van der Waals surface area contributed by atoms with Crippen LogP contribution in [0.25, 0.3) is 10.9 Å². The van der Waals surface area contributed by atoms with Gasteiger partial charge in [-0.15, -0.1) is 0 Å². The molecule has 5 nitrogen and oxygen atoms in total. The van der Waals surface area contributed by atoms with E-state index in [9.17, 15) is 18.0 Å². The molecule has 0 bridgehead atoms. The lowest BCUT2D eigenvalue weighted by atomic mass is 10.0. The number of H-pyrrole nitrogens is 1. The summed E-state index contributed by atoms with van der Waals surface area (Å²) in [5, 5.41) is 9.27. The number of nitrogens with two attached hydrogens (primary N) is 1. The number of fused-ring (bicyclic) bond motifs is 1. The first-order chi connectivity index (χ1) is 8.72. The number of aromatic amines is 1. The van der Waals surface area contributed by atoms with Gasteiger partial charge in [0.05, 0.1) is 11.7 Å². The fraction of sp³-hybridized carbons (Fsp3) is 0.273.